The molecule has 0 spiro atoms. The minimum absolute atomic E-state index is 0.0411. The molecule has 29 heavy (non-hydrogen) atoms. The van der Waals surface area contributed by atoms with Crippen LogP contribution in [-0.2, 0) is 32.5 Å². The lowest BCUT2D eigenvalue weighted by molar-refractivity contribution is -0.143. The normalized spacial score (nSPS) is 11.7. The number of hydrogen-bond acceptors (Lipinski definition) is 6. The fourth-order valence-corrected chi connectivity index (χ4v) is 4.38. The number of esters is 1. The van der Waals surface area contributed by atoms with E-state index < -0.39 is 16.0 Å². The third-order valence-corrected chi connectivity index (χ3v) is 6.26. The fourth-order valence-electron chi connectivity index (χ4n) is 2.97. The van der Waals surface area contributed by atoms with Gasteiger partial charge in [-0.25, -0.2) is 13.1 Å². The summed E-state index contributed by atoms with van der Waals surface area (Å²) in [6, 6.07) is 13.2. The molecule has 0 aliphatic rings. The fraction of sp³-hybridized carbons (Fsp3) is 0.300. The number of para-hydroxylation sites is 1. The lowest BCUT2D eigenvalue weighted by Crippen LogP contribution is -2.24. The zero-order valence-corrected chi connectivity index (χ0v) is 17.8. The van der Waals surface area contributed by atoms with Gasteiger partial charge in [-0.2, -0.15) is 0 Å². The van der Waals surface area contributed by atoms with E-state index in [4.69, 9.17) is 4.74 Å². The maximum Gasteiger partial charge on any atom is 0.326 e. The van der Waals surface area contributed by atoms with E-state index in [9.17, 15) is 18.0 Å². The van der Waals surface area contributed by atoms with Gasteiger partial charge in [0.05, 0.1) is 11.1 Å². The minimum Gasteiger partial charge on any atom is -0.456 e. The number of sulfonamides is 1. The van der Waals surface area contributed by atoms with Crippen molar-refractivity contribution in [3.05, 3.63) is 57.9 Å². The van der Waals surface area contributed by atoms with Crippen molar-refractivity contribution < 1.29 is 22.7 Å². The molecule has 2 aromatic heterocycles. The van der Waals surface area contributed by atoms with Crippen LogP contribution in [0.3, 0.4) is 0 Å². The number of carbonyl (C=O) groups is 2. The van der Waals surface area contributed by atoms with E-state index in [1.54, 1.807) is 12.1 Å². The molecule has 1 N–H and O–H groups in total. The highest BCUT2D eigenvalue weighted by atomic mass is 32.2. The standard InChI is InChI=1S/C20H22N2O5S2/c1-14-11-15-5-3-4-6-17(15)22(14)12-20(24)27-13-18(23)19-8-7-16(28-19)9-10-21-29(2,25)26/h3-8,11,21H,9-10,12-13H2,1-2H3. The third-order valence-electron chi connectivity index (χ3n) is 4.34. The molecule has 3 aromatic rings. The number of rotatable bonds is 9. The molecule has 2 heterocycles. The molecule has 154 valence electrons. The Morgan fingerprint density at radius 2 is 1.93 bits per heavy atom. The van der Waals surface area contributed by atoms with Crippen LogP contribution in [0.15, 0.2) is 42.5 Å². The average molecular weight is 435 g/mol. The van der Waals surface area contributed by atoms with Gasteiger partial charge in [0.25, 0.3) is 0 Å². The predicted octanol–water partition coefficient (Wildman–Crippen LogP) is 2.53. The van der Waals surface area contributed by atoms with Gasteiger partial charge in [-0.3, -0.25) is 9.59 Å². The number of ketones is 1. The molecule has 3 rings (SSSR count). The van der Waals surface area contributed by atoms with Gasteiger partial charge < -0.3 is 9.30 Å². The minimum atomic E-state index is -3.23. The zero-order valence-electron chi connectivity index (χ0n) is 16.2. The van der Waals surface area contributed by atoms with Gasteiger partial charge in [0.1, 0.15) is 6.54 Å². The van der Waals surface area contributed by atoms with E-state index in [-0.39, 0.29) is 25.5 Å². The Morgan fingerprint density at radius 3 is 2.69 bits per heavy atom. The van der Waals surface area contributed by atoms with Crippen LogP contribution in [0.1, 0.15) is 20.2 Å². The van der Waals surface area contributed by atoms with Crippen molar-refractivity contribution in [3.63, 3.8) is 0 Å². The van der Waals surface area contributed by atoms with Crippen molar-refractivity contribution in [2.45, 2.75) is 19.9 Å². The Labute approximate surface area is 173 Å². The number of hydrogen-bond donors (Lipinski definition) is 1. The molecule has 0 fully saturated rings. The van der Waals surface area contributed by atoms with Gasteiger partial charge in [-0.15, -0.1) is 11.3 Å². The first-order chi connectivity index (χ1) is 13.7. The van der Waals surface area contributed by atoms with Gasteiger partial charge in [0.2, 0.25) is 15.8 Å². The second kappa shape index (κ2) is 8.89. The van der Waals surface area contributed by atoms with Crippen LogP contribution in [0.4, 0.5) is 0 Å². The maximum absolute atomic E-state index is 12.3. The van der Waals surface area contributed by atoms with Crippen LogP contribution in [0, 0.1) is 6.92 Å². The molecular formula is C20H22N2O5S2. The van der Waals surface area contributed by atoms with Crippen molar-refractivity contribution >= 4 is 44.0 Å². The molecular weight excluding hydrogens is 412 g/mol. The van der Waals surface area contributed by atoms with Crippen LogP contribution in [0.5, 0.6) is 0 Å². The summed E-state index contributed by atoms with van der Waals surface area (Å²) in [5.74, 6) is -0.753. The number of aryl methyl sites for hydroxylation is 1. The number of benzene rings is 1. The second-order valence-corrected chi connectivity index (χ2v) is 9.70. The summed E-state index contributed by atoms with van der Waals surface area (Å²) in [6.45, 7) is 1.91. The number of nitrogens with one attached hydrogen (secondary N) is 1. The van der Waals surface area contributed by atoms with Gasteiger partial charge in [0.15, 0.2) is 6.61 Å². The first-order valence-electron chi connectivity index (χ1n) is 9.00. The summed E-state index contributed by atoms with van der Waals surface area (Å²) >= 11 is 1.27. The van der Waals surface area contributed by atoms with E-state index in [2.05, 4.69) is 4.72 Å². The van der Waals surface area contributed by atoms with Crippen LogP contribution >= 0.6 is 11.3 Å². The summed E-state index contributed by atoms with van der Waals surface area (Å²) in [4.78, 5) is 25.9. The molecule has 0 aliphatic heterocycles. The lowest BCUT2D eigenvalue weighted by atomic mass is 10.2. The summed E-state index contributed by atoms with van der Waals surface area (Å²) < 4.78 is 31.6. The zero-order chi connectivity index (χ0) is 21.0. The van der Waals surface area contributed by atoms with Crippen LogP contribution in [-0.4, -0.2) is 44.1 Å². The van der Waals surface area contributed by atoms with E-state index in [0.29, 0.717) is 11.3 Å². The highest BCUT2D eigenvalue weighted by Crippen LogP contribution is 2.20. The van der Waals surface area contributed by atoms with Crippen LogP contribution in [0.25, 0.3) is 10.9 Å². The van der Waals surface area contributed by atoms with Crippen LogP contribution in [0.2, 0.25) is 0 Å². The molecule has 0 unspecified atom stereocenters. The number of aromatic nitrogens is 1. The average Bonchev–Trinajstić information content (AvgIpc) is 3.24. The topological polar surface area (TPSA) is 94.5 Å². The van der Waals surface area contributed by atoms with Crippen LogP contribution < -0.4 is 4.72 Å². The summed E-state index contributed by atoms with van der Waals surface area (Å²) in [5, 5.41) is 1.05. The molecule has 0 atom stereocenters. The summed E-state index contributed by atoms with van der Waals surface area (Å²) in [6.07, 6.45) is 1.59. The molecule has 9 heteroatoms. The molecule has 0 radical (unpaired) electrons. The van der Waals surface area contributed by atoms with Crippen molar-refractivity contribution in [1.29, 1.82) is 0 Å². The monoisotopic (exact) mass is 434 g/mol. The number of thiophene rings is 1. The van der Waals surface area contributed by atoms with Gasteiger partial charge in [0, 0.05) is 22.6 Å². The van der Waals surface area contributed by atoms with E-state index in [0.717, 1.165) is 27.7 Å². The second-order valence-electron chi connectivity index (χ2n) is 6.70. The summed E-state index contributed by atoms with van der Waals surface area (Å²) in [5.41, 5.74) is 1.89. The van der Waals surface area contributed by atoms with Crippen molar-refractivity contribution in [2.24, 2.45) is 0 Å². The Bertz CT molecular complexity index is 1140. The number of carbonyl (C=O) groups excluding carboxylic acids is 2. The third kappa shape index (κ3) is 5.75. The number of fused-ring (bicyclic) bond motifs is 1. The Hall–Kier alpha value is -2.49. The molecule has 7 nitrogen and oxygen atoms in total. The largest absolute Gasteiger partial charge is 0.456 e. The van der Waals surface area contributed by atoms with Crippen molar-refractivity contribution in [2.75, 3.05) is 19.4 Å². The quantitative estimate of drug-likeness (QED) is 0.413. The maximum atomic E-state index is 12.3. The number of nitrogens with zero attached hydrogens (tertiary/aromatic N) is 1. The molecule has 1 aromatic carbocycles. The Kier molecular flexibility index (Phi) is 6.51. The molecule has 0 aliphatic carbocycles. The SMILES string of the molecule is Cc1cc2ccccc2n1CC(=O)OCC(=O)c1ccc(CCNS(C)(=O)=O)s1. The number of Topliss-reactive ketones (excluding diaryl/α,β-unsaturated/α-hetero) is 1. The number of ether oxygens (including phenoxy) is 1. The molecule has 0 amide bonds. The van der Waals surface area contributed by atoms with Crippen molar-refractivity contribution in [1.82, 2.24) is 9.29 Å². The lowest BCUT2D eigenvalue weighted by Gasteiger charge is -2.08. The highest BCUT2D eigenvalue weighted by Gasteiger charge is 2.15. The Balaban J connectivity index is 1.52. The van der Waals surface area contributed by atoms with E-state index >= 15 is 0 Å². The summed E-state index contributed by atoms with van der Waals surface area (Å²) in [7, 11) is -3.23. The molecule has 0 bridgehead atoms. The first kappa shape index (κ1) is 21.2. The predicted molar refractivity (Wildman–Crippen MR) is 113 cm³/mol. The highest BCUT2D eigenvalue weighted by molar-refractivity contribution is 7.88. The van der Waals surface area contributed by atoms with Gasteiger partial charge in [-0.1, -0.05) is 18.2 Å². The van der Waals surface area contributed by atoms with E-state index in [1.165, 1.54) is 11.3 Å². The smallest absolute Gasteiger partial charge is 0.326 e. The van der Waals surface area contributed by atoms with Gasteiger partial charge >= 0.3 is 5.97 Å². The Morgan fingerprint density at radius 1 is 1.17 bits per heavy atom. The van der Waals surface area contributed by atoms with E-state index in [1.807, 2.05) is 41.8 Å². The molecule has 0 saturated carbocycles. The first-order valence-corrected chi connectivity index (χ1v) is 11.7. The van der Waals surface area contributed by atoms with Crippen molar-refractivity contribution in [3.8, 4) is 0 Å². The molecule has 0 saturated heterocycles. The van der Waals surface area contributed by atoms with Gasteiger partial charge in [-0.05, 0) is 43.0 Å².